The molecule has 8 nitrogen and oxygen atoms in total. The molecule has 0 fully saturated rings. The van der Waals surface area contributed by atoms with Gasteiger partial charge in [0.1, 0.15) is 16.4 Å². The Labute approximate surface area is 177 Å². The van der Waals surface area contributed by atoms with Crippen molar-refractivity contribution in [3.8, 4) is 11.5 Å². The number of carbonyl (C=O) groups is 1. The van der Waals surface area contributed by atoms with E-state index in [0.29, 0.717) is 0 Å². The summed E-state index contributed by atoms with van der Waals surface area (Å²) in [7, 11) is -0.325. The number of nitrogens with zero attached hydrogens (tertiary/aromatic N) is 2. The van der Waals surface area contributed by atoms with Crippen molar-refractivity contribution >= 4 is 22.1 Å². The lowest BCUT2D eigenvalue weighted by Gasteiger charge is -2.18. The summed E-state index contributed by atoms with van der Waals surface area (Å²) in [4.78, 5) is 11.9. The minimum atomic E-state index is -4.59. The molecule has 2 rings (SSSR count). The fourth-order valence-electron chi connectivity index (χ4n) is 2.52. The van der Waals surface area contributed by atoms with Gasteiger partial charge < -0.3 is 9.47 Å². The third-order valence-corrected chi connectivity index (χ3v) is 5.91. The van der Waals surface area contributed by atoms with Gasteiger partial charge in [-0.25, -0.2) is 13.8 Å². The Hall–Kier alpha value is -3.12. The van der Waals surface area contributed by atoms with Crippen LogP contribution >= 0.6 is 0 Å². The van der Waals surface area contributed by atoms with Crippen LogP contribution in [-0.2, 0) is 21.0 Å². The van der Waals surface area contributed by atoms with Crippen molar-refractivity contribution < 1.29 is 35.9 Å². The molecule has 0 aliphatic heterocycles. The van der Waals surface area contributed by atoms with Crippen LogP contribution in [0.2, 0.25) is 0 Å². The quantitative estimate of drug-likeness (QED) is 0.483. The molecule has 12 heteroatoms. The molecule has 0 atom stereocenters. The average Bonchev–Trinajstić information content (AvgIpc) is 2.72. The highest BCUT2D eigenvalue weighted by molar-refractivity contribution is 7.89. The van der Waals surface area contributed by atoms with Gasteiger partial charge in [0, 0.05) is 18.7 Å². The molecule has 0 saturated carbocycles. The minimum absolute atomic E-state index is 0.0508. The molecule has 0 heterocycles. The second kappa shape index (κ2) is 9.79. The van der Waals surface area contributed by atoms with Gasteiger partial charge in [-0.3, -0.25) is 4.79 Å². The first kappa shape index (κ1) is 24.2. The third kappa shape index (κ3) is 5.95. The molecule has 2 aromatic carbocycles. The molecule has 0 saturated heterocycles. The predicted molar refractivity (Wildman–Crippen MR) is 107 cm³/mol. The summed E-state index contributed by atoms with van der Waals surface area (Å²) in [6, 6.07) is 8.84. The third-order valence-electron chi connectivity index (χ3n) is 4.08. The molecule has 0 aromatic heterocycles. The Morgan fingerprint density at radius 3 is 2.45 bits per heavy atom. The molecule has 1 amide bonds. The van der Waals surface area contributed by atoms with Gasteiger partial charge in [-0.2, -0.15) is 22.6 Å². The number of hydrazone groups is 1. The fraction of sp³-hybridized carbons (Fsp3) is 0.263. The number of carbonyl (C=O) groups excluding carboxylic acids is 1. The summed E-state index contributed by atoms with van der Waals surface area (Å²) in [5.74, 6) is -0.534. The highest BCUT2D eigenvalue weighted by Gasteiger charge is 2.32. The number of nitrogens with one attached hydrogen (secondary N) is 1. The lowest BCUT2D eigenvalue weighted by Crippen LogP contribution is -2.36. The van der Waals surface area contributed by atoms with Crippen molar-refractivity contribution in [1.82, 2.24) is 9.73 Å². The van der Waals surface area contributed by atoms with Crippen LogP contribution in [0, 0.1) is 0 Å². The van der Waals surface area contributed by atoms with E-state index in [1.807, 2.05) is 5.43 Å². The Morgan fingerprint density at radius 2 is 1.84 bits per heavy atom. The number of likely N-dealkylation sites (N-methyl/N-ethyl adjacent to an activating group) is 1. The first-order valence-corrected chi connectivity index (χ1v) is 10.1. The van der Waals surface area contributed by atoms with Crippen molar-refractivity contribution in [3.63, 3.8) is 0 Å². The Balaban J connectivity index is 2.12. The monoisotopic (exact) mass is 459 g/mol. The summed E-state index contributed by atoms with van der Waals surface area (Å²) in [6.45, 7) is -0.638. The molecular weight excluding hydrogens is 439 g/mol. The Kier molecular flexibility index (Phi) is 7.63. The summed E-state index contributed by atoms with van der Waals surface area (Å²) < 4.78 is 75.4. The number of benzene rings is 2. The summed E-state index contributed by atoms with van der Waals surface area (Å²) in [5, 5.41) is 3.49. The maximum atomic E-state index is 13.0. The van der Waals surface area contributed by atoms with E-state index >= 15 is 0 Å². The maximum Gasteiger partial charge on any atom is 0.417 e. The van der Waals surface area contributed by atoms with E-state index in [1.54, 1.807) is 0 Å². The largest absolute Gasteiger partial charge is 0.497 e. The summed E-state index contributed by atoms with van der Waals surface area (Å²) in [6.07, 6.45) is -3.75. The highest BCUT2D eigenvalue weighted by atomic mass is 32.2. The molecule has 168 valence electrons. The number of halogens is 3. The summed E-state index contributed by atoms with van der Waals surface area (Å²) in [5.41, 5.74) is 0.845. The lowest BCUT2D eigenvalue weighted by molar-refractivity contribution is -0.137. The van der Waals surface area contributed by atoms with E-state index in [0.717, 1.165) is 23.6 Å². The smallest absolute Gasteiger partial charge is 0.417 e. The van der Waals surface area contributed by atoms with Gasteiger partial charge in [-0.1, -0.05) is 18.2 Å². The van der Waals surface area contributed by atoms with Gasteiger partial charge in [0.25, 0.3) is 5.91 Å². The van der Waals surface area contributed by atoms with Crippen molar-refractivity contribution in [2.75, 3.05) is 27.8 Å². The molecule has 2 aromatic rings. The Morgan fingerprint density at radius 1 is 1.16 bits per heavy atom. The maximum absolute atomic E-state index is 13.0. The molecule has 0 unspecified atom stereocenters. The molecule has 0 bridgehead atoms. The lowest BCUT2D eigenvalue weighted by atomic mass is 10.1. The number of alkyl halides is 3. The van der Waals surface area contributed by atoms with E-state index in [-0.39, 0.29) is 22.0 Å². The average molecular weight is 459 g/mol. The van der Waals surface area contributed by atoms with Crippen LogP contribution in [0.25, 0.3) is 0 Å². The molecule has 0 radical (unpaired) electrons. The van der Waals surface area contributed by atoms with Gasteiger partial charge in [0.15, 0.2) is 0 Å². The van der Waals surface area contributed by atoms with Crippen LogP contribution in [0.15, 0.2) is 52.5 Å². The van der Waals surface area contributed by atoms with Gasteiger partial charge in [-0.05, 0) is 18.2 Å². The van der Waals surface area contributed by atoms with Crippen LogP contribution in [0.5, 0.6) is 11.5 Å². The van der Waals surface area contributed by atoms with E-state index < -0.39 is 34.2 Å². The van der Waals surface area contributed by atoms with Crippen molar-refractivity contribution in [3.05, 3.63) is 53.6 Å². The second-order valence-corrected chi connectivity index (χ2v) is 8.17. The van der Waals surface area contributed by atoms with Crippen LogP contribution in [0.4, 0.5) is 13.2 Å². The number of amides is 1. The van der Waals surface area contributed by atoms with Crippen molar-refractivity contribution in [2.45, 2.75) is 11.1 Å². The zero-order valence-electron chi connectivity index (χ0n) is 16.8. The van der Waals surface area contributed by atoms with Gasteiger partial charge in [0.05, 0.1) is 32.5 Å². The highest BCUT2D eigenvalue weighted by Crippen LogP contribution is 2.31. The first-order valence-electron chi connectivity index (χ1n) is 8.67. The Bertz CT molecular complexity index is 1070. The van der Waals surface area contributed by atoms with Crippen molar-refractivity contribution in [1.29, 1.82) is 0 Å². The zero-order valence-corrected chi connectivity index (χ0v) is 17.6. The second-order valence-electron chi connectivity index (χ2n) is 6.16. The SMILES string of the molecule is COc1ccc(OC)c(S(=O)(=O)N(C)CC(=O)N/N=C\c2ccccc2C(F)(F)F)c1. The summed E-state index contributed by atoms with van der Waals surface area (Å²) >= 11 is 0. The molecule has 0 aliphatic carbocycles. The number of ether oxygens (including phenoxy) is 2. The topological polar surface area (TPSA) is 97.3 Å². The minimum Gasteiger partial charge on any atom is -0.497 e. The van der Waals surface area contributed by atoms with Gasteiger partial charge in [0.2, 0.25) is 10.0 Å². The van der Waals surface area contributed by atoms with Crippen LogP contribution in [0.1, 0.15) is 11.1 Å². The number of hydrogen-bond acceptors (Lipinski definition) is 6. The normalized spacial score (nSPS) is 12.2. The van der Waals surface area contributed by atoms with E-state index in [9.17, 15) is 26.4 Å². The molecule has 0 aliphatic rings. The molecule has 1 N–H and O–H groups in total. The van der Waals surface area contributed by atoms with Gasteiger partial charge >= 0.3 is 6.18 Å². The van der Waals surface area contributed by atoms with E-state index in [1.165, 1.54) is 50.6 Å². The standard InChI is InChI=1S/C19H20F3N3O5S/c1-25(31(27,28)17-10-14(29-2)8-9-16(17)30-3)12-18(26)24-23-11-13-6-4-5-7-15(13)19(20,21)22/h4-11H,12H2,1-3H3,(H,24,26)/b23-11-. The van der Waals surface area contributed by atoms with Crippen LogP contribution in [0.3, 0.4) is 0 Å². The number of methoxy groups -OCH3 is 2. The van der Waals surface area contributed by atoms with E-state index in [2.05, 4.69) is 5.10 Å². The molecule has 0 spiro atoms. The number of rotatable bonds is 8. The molecule has 31 heavy (non-hydrogen) atoms. The van der Waals surface area contributed by atoms with Gasteiger partial charge in [-0.15, -0.1) is 0 Å². The fourth-order valence-corrected chi connectivity index (χ4v) is 3.81. The van der Waals surface area contributed by atoms with Crippen LogP contribution < -0.4 is 14.9 Å². The van der Waals surface area contributed by atoms with Crippen molar-refractivity contribution in [2.24, 2.45) is 5.10 Å². The number of hydrogen-bond donors (Lipinski definition) is 1. The van der Waals surface area contributed by atoms with Crippen LogP contribution in [-0.4, -0.2) is 52.7 Å². The van der Waals surface area contributed by atoms with E-state index in [4.69, 9.17) is 9.47 Å². The zero-order chi connectivity index (χ0) is 23.2. The predicted octanol–water partition coefficient (Wildman–Crippen LogP) is 2.49. The first-order chi connectivity index (χ1) is 14.5. The molecular formula is C19H20F3N3O5S. The number of sulfonamides is 1.